The number of nitrogens with zero attached hydrogens (tertiary/aromatic N) is 2. The minimum Gasteiger partial charge on any atom is -0.466 e. The monoisotopic (exact) mass is 288 g/mol. The Bertz CT molecular complexity index is 664. The molecule has 0 N–H and O–H groups in total. The molecule has 2 aromatic rings. The first-order valence-corrected chi connectivity index (χ1v) is 7.32. The van der Waals surface area contributed by atoms with Crippen molar-refractivity contribution in [1.29, 1.82) is 0 Å². The number of hydrogen-bond donors (Lipinski definition) is 0. The Morgan fingerprint density at radius 1 is 1.29 bits per heavy atom. The Morgan fingerprint density at radius 2 is 2.10 bits per heavy atom. The van der Waals surface area contributed by atoms with E-state index in [2.05, 4.69) is 4.98 Å². The van der Waals surface area contributed by atoms with Crippen molar-refractivity contribution in [3.8, 4) is 0 Å². The number of carbonyl (C=O) groups excluding carboxylic acids is 1. The average molecular weight is 288 g/mol. The molecule has 5 nitrogen and oxygen atoms in total. The summed E-state index contributed by atoms with van der Waals surface area (Å²) in [4.78, 5) is 27.8. The van der Waals surface area contributed by atoms with Gasteiger partial charge in [0, 0.05) is 13.0 Å². The van der Waals surface area contributed by atoms with Crippen LogP contribution in [0.2, 0.25) is 0 Å². The average Bonchev–Trinajstić information content (AvgIpc) is 2.51. The summed E-state index contributed by atoms with van der Waals surface area (Å²) in [5, 5.41) is 0.611. The van der Waals surface area contributed by atoms with E-state index in [4.69, 9.17) is 4.74 Å². The van der Waals surface area contributed by atoms with Gasteiger partial charge in [-0.1, -0.05) is 25.5 Å². The lowest BCUT2D eigenvalue weighted by atomic mass is 10.2. The van der Waals surface area contributed by atoms with Gasteiger partial charge >= 0.3 is 5.97 Å². The fourth-order valence-electron chi connectivity index (χ4n) is 2.08. The molecule has 5 heteroatoms. The number of unbranched alkanes of at least 4 members (excludes halogenated alkanes) is 1. The van der Waals surface area contributed by atoms with E-state index < -0.39 is 0 Å². The molecule has 0 fully saturated rings. The van der Waals surface area contributed by atoms with Crippen molar-refractivity contribution in [1.82, 2.24) is 9.55 Å². The Kier molecular flexibility index (Phi) is 5.49. The number of hydrogen-bond acceptors (Lipinski definition) is 4. The molecule has 0 atom stereocenters. The second kappa shape index (κ2) is 7.57. The van der Waals surface area contributed by atoms with Crippen LogP contribution in [0, 0.1) is 0 Å². The second-order valence-corrected chi connectivity index (χ2v) is 4.94. The topological polar surface area (TPSA) is 61.2 Å². The minimum atomic E-state index is -0.166. The lowest BCUT2D eigenvalue weighted by Gasteiger charge is -2.07. The SMILES string of the molecule is CCCCC(=O)OCCCn1cnc2ccccc2c1=O. The molecule has 0 saturated carbocycles. The van der Waals surface area contributed by atoms with Crippen molar-refractivity contribution in [2.45, 2.75) is 39.2 Å². The molecule has 2 rings (SSSR count). The van der Waals surface area contributed by atoms with Crippen molar-refractivity contribution >= 4 is 16.9 Å². The van der Waals surface area contributed by atoms with Gasteiger partial charge in [-0.3, -0.25) is 14.2 Å². The highest BCUT2D eigenvalue weighted by Crippen LogP contribution is 2.05. The van der Waals surface area contributed by atoms with Crippen LogP contribution in [0.1, 0.15) is 32.6 Å². The predicted molar refractivity (Wildman–Crippen MR) is 81.1 cm³/mol. The number of esters is 1. The first-order chi connectivity index (χ1) is 10.2. The molecule has 21 heavy (non-hydrogen) atoms. The Labute approximate surface area is 123 Å². The maximum Gasteiger partial charge on any atom is 0.305 e. The number of rotatable bonds is 7. The molecule has 0 radical (unpaired) electrons. The van der Waals surface area contributed by atoms with Gasteiger partial charge in [-0.2, -0.15) is 0 Å². The highest BCUT2D eigenvalue weighted by atomic mass is 16.5. The van der Waals surface area contributed by atoms with E-state index in [1.54, 1.807) is 17.0 Å². The van der Waals surface area contributed by atoms with Crippen LogP contribution < -0.4 is 5.56 Å². The molecule has 0 aliphatic rings. The third kappa shape index (κ3) is 4.15. The Hall–Kier alpha value is -2.17. The molecular formula is C16H20N2O3. The first-order valence-electron chi connectivity index (χ1n) is 7.32. The van der Waals surface area contributed by atoms with Gasteiger partial charge in [0.25, 0.3) is 5.56 Å². The van der Waals surface area contributed by atoms with E-state index in [1.807, 2.05) is 25.1 Å². The third-order valence-corrected chi connectivity index (χ3v) is 3.27. The predicted octanol–water partition coefficient (Wildman–Crippen LogP) is 2.52. The van der Waals surface area contributed by atoms with Crippen molar-refractivity contribution in [3.63, 3.8) is 0 Å². The molecule has 0 amide bonds. The summed E-state index contributed by atoms with van der Waals surface area (Å²) >= 11 is 0. The standard InChI is InChI=1S/C16H20N2O3/c1-2-3-9-15(19)21-11-6-10-18-12-17-14-8-5-4-7-13(14)16(18)20/h4-5,7-8,12H,2-3,6,9-11H2,1H3. The second-order valence-electron chi connectivity index (χ2n) is 4.94. The van der Waals surface area contributed by atoms with Crippen LogP contribution in [-0.4, -0.2) is 22.1 Å². The van der Waals surface area contributed by atoms with Crippen molar-refractivity contribution in [2.24, 2.45) is 0 Å². The van der Waals surface area contributed by atoms with E-state index in [9.17, 15) is 9.59 Å². The minimum absolute atomic E-state index is 0.0575. The molecule has 0 unspecified atom stereocenters. The molecule has 1 heterocycles. The van der Waals surface area contributed by atoms with Gasteiger partial charge in [0.1, 0.15) is 0 Å². The lowest BCUT2D eigenvalue weighted by molar-refractivity contribution is -0.143. The molecule has 1 aromatic carbocycles. The number of aromatic nitrogens is 2. The van der Waals surface area contributed by atoms with Crippen LogP contribution in [0.3, 0.4) is 0 Å². The Balaban J connectivity index is 1.88. The quantitative estimate of drug-likeness (QED) is 0.580. The zero-order valence-corrected chi connectivity index (χ0v) is 12.2. The zero-order valence-electron chi connectivity index (χ0n) is 12.2. The first kappa shape index (κ1) is 15.2. The fourth-order valence-corrected chi connectivity index (χ4v) is 2.08. The van der Waals surface area contributed by atoms with Crippen LogP contribution in [0.4, 0.5) is 0 Å². The van der Waals surface area contributed by atoms with Gasteiger partial charge in [-0.05, 0) is 25.0 Å². The van der Waals surface area contributed by atoms with E-state index in [-0.39, 0.29) is 11.5 Å². The summed E-state index contributed by atoms with van der Waals surface area (Å²) in [7, 11) is 0. The van der Waals surface area contributed by atoms with Gasteiger partial charge < -0.3 is 4.74 Å². The number of benzene rings is 1. The number of aryl methyl sites for hydroxylation is 1. The molecule has 0 aliphatic carbocycles. The summed E-state index contributed by atoms with van der Waals surface area (Å²) in [6.07, 6.45) is 4.45. The van der Waals surface area contributed by atoms with Crippen LogP contribution in [0.5, 0.6) is 0 Å². The van der Waals surface area contributed by atoms with Gasteiger partial charge in [0.2, 0.25) is 0 Å². The molecule has 0 aliphatic heterocycles. The van der Waals surface area contributed by atoms with E-state index in [0.29, 0.717) is 36.9 Å². The summed E-state index contributed by atoms with van der Waals surface area (Å²) < 4.78 is 6.68. The van der Waals surface area contributed by atoms with Gasteiger partial charge in [0.15, 0.2) is 0 Å². The summed E-state index contributed by atoms with van der Waals surface area (Å²) in [6, 6.07) is 7.27. The molecule has 0 spiro atoms. The molecule has 0 saturated heterocycles. The maximum atomic E-state index is 12.2. The number of para-hydroxylation sites is 1. The highest BCUT2D eigenvalue weighted by Gasteiger charge is 2.04. The van der Waals surface area contributed by atoms with Gasteiger partial charge in [-0.25, -0.2) is 4.98 Å². The van der Waals surface area contributed by atoms with Crippen LogP contribution in [-0.2, 0) is 16.1 Å². The molecular weight excluding hydrogens is 268 g/mol. The van der Waals surface area contributed by atoms with Crippen molar-refractivity contribution < 1.29 is 9.53 Å². The van der Waals surface area contributed by atoms with E-state index in [0.717, 1.165) is 12.8 Å². The van der Waals surface area contributed by atoms with Crippen molar-refractivity contribution in [3.05, 3.63) is 40.9 Å². The van der Waals surface area contributed by atoms with Crippen LogP contribution in [0.15, 0.2) is 35.4 Å². The Morgan fingerprint density at radius 3 is 2.90 bits per heavy atom. The highest BCUT2D eigenvalue weighted by molar-refractivity contribution is 5.76. The number of fused-ring (bicyclic) bond motifs is 1. The van der Waals surface area contributed by atoms with Gasteiger partial charge in [0.05, 0.1) is 23.8 Å². The number of carbonyl (C=O) groups is 1. The summed E-state index contributed by atoms with van der Waals surface area (Å²) in [5.41, 5.74) is 0.641. The maximum absolute atomic E-state index is 12.2. The zero-order chi connectivity index (χ0) is 15.1. The molecule has 112 valence electrons. The van der Waals surface area contributed by atoms with Crippen LogP contribution >= 0.6 is 0 Å². The van der Waals surface area contributed by atoms with Crippen LogP contribution in [0.25, 0.3) is 10.9 Å². The largest absolute Gasteiger partial charge is 0.466 e. The fraction of sp³-hybridized carbons (Fsp3) is 0.438. The van der Waals surface area contributed by atoms with E-state index >= 15 is 0 Å². The molecule has 1 aromatic heterocycles. The number of ether oxygens (including phenoxy) is 1. The van der Waals surface area contributed by atoms with Crippen molar-refractivity contribution in [2.75, 3.05) is 6.61 Å². The smallest absolute Gasteiger partial charge is 0.305 e. The third-order valence-electron chi connectivity index (χ3n) is 3.27. The van der Waals surface area contributed by atoms with E-state index in [1.165, 1.54) is 0 Å². The normalized spacial score (nSPS) is 10.7. The summed E-state index contributed by atoms with van der Waals surface area (Å²) in [5.74, 6) is -0.166. The van der Waals surface area contributed by atoms with Gasteiger partial charge in [-0.15, -0.1) is 0 Å². The lowest BCUT2D eigenvalue weighted by Crippen LogP contribution is -2.21. The summed E-state index contributed by atoms with van der Waals surface area (Å²) in [6.45, 7) is 2.87. The molecule has 0 bridgehead atoms.